The molecule has 0 saturated heterocycles. The van der Waals surface area contributed by atoms with Crippen LogP contribution in [0.4, 0.5) is 4.39 Å². The van der Waals surface area contributed by atoms with Crippen molar-refractivity contribution in [3.63, 3.8) is 0 Å². The van der Waals surface area contributed by atoms with Gasteiger partial charge in [0, 0.05) is 16.1 Å². The predicted octanol–water partition coefficient (Wildman–Crippen LogP) is 4.10. The van der Waals surface area contributed by atoms with Gasteiger partial charge >= 0.3 is 0 Å². The van der Waals surface area contributed by atoms with Crippen LogP contribution in [0, 0.1) is 5.82 Å². The van der Waals surface area contributed by atoms with E-state index in [0.29, 0.717) is 5.75 Å². The molecule has 1 unspecified atom stereocenters. The van der Waals surface area contributed by atoms with Crippen molar-refractivity contribution in [1.29, 1.82) is 0 Å². The van der Waals surface area contributed by atoms with Crippen molar-refractivity contribution in [3.8, 4) is 5.75 Å². The molecule has 0 heterocycles. The van der Waals surface area contributed by atoms with Crippen LogP contribution in [0.25, 0.3) is 0 Å². The Hall–Kier alpha value is -1.39. The summed E-state index contributed by atoms with van der Waals surface area (Å²) in [4.78, 5) is 0. The van der Waals surface area contributed by atoms with E-state index in [1.807, 2.05) is 19.2 Å². The van der Waals surface area contributed by atoms with E-state index < -0.39 is 0 Å². The van der Waals surface area contributed by atoms with E-state index in [9.17, 15) is 4.39 Å². The van der Waals surface area contributed by atoms with Gasteiger partial charge in [-0.3, -0.25) is 0 Å². The van der Waals surface area contributed by atoms with Crippen LogP contribution in [0.3, 0.4) is 0 Å². The van der Waals surface area contributed by atoms with Gasteiger partial charge in [-0.15, -0.1) is 0 Å². The first-order chi connectivity index (χ1) is 9.63. The molecule has 0 bridgehead atoms. The zero-order valence-electron chi connectivity index (χ0n) is 11.5. The molecule has 2 aromatic carbocycles. The van der Waals surface area contributed by atoms with Crippen molar-refractivity contribution in [2.24, 2.45) is 0 Å². The lowest BCUT2D eigenvalue weighted by atomic mass is 9.98. The Kier molecular flexibility index (Phi) is 5.15. The maximum atomic E-state index is 13.5. The van der Waals surface area contributed by atoms with Crippen LogP contribution in [0.5, 0.6) is 5.75 Å². The topological polar surface area (TPSA) is 21.3 Å². The van der Waals surface area contributed by atoms with Crippen molar-refractivity contribution < 1.29 is 9.13 Å². The number of benzene rings is 2. The maximum Gasteiger partial charge on any atom is 0.123 e. The van der Waals surface area contributed by atoms with Gasteiger partial charge in [0.15, 0.2) is 0 Å². The Bertz CT molecular complexity index is 588. The van der Waals surface area contributed by atoms with Gasteiger partial charge in [-0.1, -0.05) is 28.1 Å². The van der Waals surface area contributed by atoms with E-state index in [0.717, 1.165) is 16.5 Å². The fraction of sp³-hybridized carbons (Fsp3) is 0.250. The van der Waals surface area contributed by atoms with Crippen molar-refractivity contribution in [3.05, 3.63) is 63.9 Å². The molecule has 0 amide bonds. The van der Waals surface area contributed by atoms with Gasteiger partial charge in [-0.05, 0) is 49.4 Å². The lowest BCUT2D eigenvalue weighted by Gasteiger charge is -2.19. The highest BCUT2D eigenvalue weighted by atomic mass is 79.9. The number of nitrogens with one attached hydrogen (secondary N) is 1. The molecule has 2 aromatic rings. The molecule has 0 aliphatic heterocycles. The minimum atomic E-state index is -0.254. The van der Waals surface area contributed by atoms with E-state index in [2.05, 4.69) is 33.4 Å². The summed E-state index contributed by atoms with van der Waals surface area (Å²) < 4.78 is 19.9. The highest BCUT2D eigenvalue weighted by molar-refractivity contribution is 9.10. The number of rotatable bonds is 5. The quantitative estimate of drug-likeness (QED) is 0.886. The lowest BCUT2D eigenvalue weighted by molar-refractivity contribution is 0.399. The normalized spacial score (nSPS) is 12.2. The van der Waals surface area contributed by atoms with Gasteiger partial charge in [0.2, 0.25) is 0 Å². The smallest absolute Gasteiger partial charge is 0.123 e. The summed E-state index contributed by atoms with van der Waals surface area (Å²) in [5.74, 6) is 0.441. The molecular weight excluding hydrogens is 321 g/mol. The number of hydrogen-bond donors (Lipinski definition) is 1. The molecule has 0 aromatic heterocycles. The maximum absolute atomic E-state index is 13.5. The standard InChI is InChI=1S/C16H17BrFNO/c1-19-15(9-11-4-3-5-12(17)8-11)14-10-13(18)6-7-16(14)20-2/h3-8,10,15,19H,9H2,1-2H3. The zero-order valence-corrected chi connectivity index (χ0v) is 13.1. The minimum absolute atomic E-state index is 0.00468. The molecule has 0 fully saturated rings. The second kappa shape index (κ2) is 6.86. The molecule has 4 heteroatoms. The van der Waals surface area contributed by atoms with Crippen LogP contribution in [0.1, 0.15) is 17.2 Å². The zero-order chi connectivity index (χ0) is 14.5. The highest BCUT2D eigenvalue weighted by Crippen LogP contribution is 2.28. The number of ether oxygens (including phenoxy) is 1. The summed E-state index contributed by atoms with van der Waals surface area (Å²) >= 11 is 3.46. The van der Waals surface area contributed by atoms with Gasteiger partial charge < -0.3 is 10.1 Å². The molecule has 0 aliphatic rings. The molecule has 106 valence electrons. The van der Waals surface area contributed by atoms with Crippen LogP contribution in [-0.2, 0) is 6.42 Å². The average molecular weight is 338 g/mol. The van der Waals surface area contributed by atoms with Crippen LogP contribution in [0.15, 0.2) is 46.9 Å². The number of hydrogen-bond acceptors (Lipinski definition) is 2. The summed E-state index contributed by atoms with van der Waals surface area (Å²) in [6.07, 6.45) is 0.760. The summed E-state index contributed by atoms with van der Waals surface area (Å²) in [6, 6.07) is 12.7. The van der Waals surface area contributed by atoms with Crippen LogP contribution < -0.4 is 10.1 Å². The second-order valence-corrected chi connectivity index (χ2v) is 5.48. The van der Waals surface area contributed by atoms with Gasteiger partial charge in [0.1, 0.15) is 11.6 Å². The first kappa shape index (κ1) is 15.0. The van der Waals surface area contributed by atoms with Crippen molar-refractivity contribution in [2.75, 3.05) is 14.2 Å². The van der Waals surface area contributed by atoms with Crippen LogP contribution >= 0.6 is 15.9 Å². The van der Waals surface area contributed by atoms with E-state index in [4.69, 9.17) is 4.74 Å². The molecule has 1 N–H and O–H groups in total. The number of likely N-dealkylation sites (N-methyl/N-ethyl adjacent to an activating group) is 1. The Labute approximate surface area is 127 Å². The summed E-state index contributed by atoms with van der Waals surface area (Å²) in [5.41, 5.74) is 2.00. The van der Waals surface area contributed by atoms with E-state index in [1.54, 1.807) is 13.2 Å². The van der Waals surface area contributed by atoms with E-state index in [-0.39, 0.29) is 11.9 Å². The Balaban J connectivity index is 2.30. The van der Waals surface area contributed by atoms with Gasteiger partial charge in [-0.25, -0.2) is 4.39 Å². The Morgan fingerprint density at radius 1 is 1.25 bits per heavy atom. The molecule has 2 rings (SSSR count). The van der Waals surface area contributed by atoms with Gasteiger partial charge in [0.05, 0.1) is 7.11 Å². The Morgan fingerprint density at radius 2 is 2.05 bits per heavy atom. The molecule has 0 radical (unpaired) electrons. The van der Waals surface area contributed by atoms with Gasteiger partial charge in [-0.2, -0.15) is 0 Å². The van der Waals surface area contributed by atoms with Crippen molar-refractivity contribution in [2.45, 2.75) is 12.5 Å². The van der Waals surface area contributed by atoms with E-state index >= 15 is 0 Å². The largest absolute Gasteiger partial charge is 0.496 e. The molecule has 1 atom stereocenters. The van der Waals surface area contributed by atoms with Crippen molar-refractivity contribution >= 4 is 15.9 Å². The molecule has 0 saturated carbocycles. The van der Waals surface area contributed by atoms with Crippen LogP contribution in [0.2, 0.25) is 0 Å². The fourth-order valence-corrected chi connectivity index (χ4v) is 2.69. The second-order valence-electron chi connectivity index (χ2n) is 4.56. The summed E-state index contributed by atoms with van der Waals surface area (Å²) in [6.45, 7) is 0. The number of halogens is 2. The molecule has 2 nitrogen and oxygen atoms in total. The molecule has 0 aliphatic carbocycles. The first-order valence-corrected chi connectivity index (χ1v) is 7.18. The molecular formula is C16H17BrFNO. The summed E-state index contributed by atoms with van der Waals surface area (Å²) in [7, 11) is 3.47. The van der Waals surface area contributed by atoms with E-state index in [1.165, 1.54) is 17.7 Å². The summed E-state index contributed by atoms with van der Waals surface area (Å²) in [5, 5.41) is 3.23. The third-order valence-electron chi connectivity index (χ3n) is 3.24. The third-order valence-corrected chi connectivity index (χ3v) is 3.74. The monoisotopic (exact) mass is 337 g/mol. The lowest BCUT2D eigenvalue weighted by Crippen LogP contribution is -2.19. The number of methoxy groups -OCH3 is 1. The minimum Gasteiger partial charge on any atom is -0.496 e. The highest BCUT2D eigenvalue weighted by Gasteiger charge is 2.16. The SMILES string of the molecule is CNC(Cc1cccc(Br)c1)c1cc(F)ccc1OC. The third kappa shape index (κ3) is 3.58. The molecule has 0 spiro atoms. The van der Waals surface area contributed by atoms with Crippen molar-refractivity contribution in [1.82, 2.24) is 5.32 Å². The Morgan fingerprint density at radius 3 is 2.70 bits per heavy atom. The first-order valence-electron chi connectivity index (χ1n) is 6.39. The fourth-order valence-electron chi connectivity index (χ4n) is 2.24. The van der Waals surface area contributed by atoms with Gasteiger partial charge in [0.25, 0.3) is 0 Å². The van der Waals surface area contributed by atoms with Crippen LogP contribution in [-0.4, -0.2) is 14.2 Å². The average Bonchev–Trinajstić information content (AvgIpc) is 2.45. The molecule has 20 heavy (non-hydrogen) atoms. The predicted molar refractivity (Wildman–Crippen MR) is 82.6 cm³/mol.